The zero-order valence-corrected chi connectivity index (χ0v) is 14.0. The minimum absolute atomic E-state index is 0.886. The number of hydrogen-bond acceptors (Lipinski definition) is 3. The Balaban J connectivity index is 1.91. The second-order valence-electron chi connectivity index (χ2n) is 4.66. The molecule has 0 aliphatic heterocycles. The van der Waals surface area contributed by atoms with Crippen molar-refractivity contribution in [2.24, 2.45) is 0 Å². The van der Waals surface area contributed by atoms with Crippen molar-refractivity contribution in [2.45, 2.75) is 10.6 Å². The van der Waals surface area contributed by atoms with Crippen LogP contribution in [0.4, 0.5) is 5.82 Å². The molecule has 2 aromatic carbocycles. The van der Waals surface area contributed by atoms with Crippen molar-refractivity contribution in [3.05, 3.63) is 64.6 Å². The van der Waals surface area contributed by atoms with Gasteiger partial charge in [0.25, 0.3) is 0 Å². The van der Waals surface area contributed by atoms with Crippen molar-refractivity contribution >= 4 is 44.4 Å². The third-order valence-electron chi connectivity index (χ3n) is 3.26. The molecule has 1 N–H and O–H groups in total. The van der Waals surface area contributed by atoms with Crippen LogP contribution in [0.2, 0.25) is 0 Å². The fourth-order valence-corrected chi connectivity index (χ4v) is 3.74. The van der Waals surface area contributed by atoms with E-state index in [9.17, 15) is 0 Å². The summed E-state index contributed by atoms with van der Waals surface area (Å²) < 4.78 is 1.13. The van der Waals surface area contributed by atoms with Gasteiger partial charge in [-0.05, 0) is 40.2 Å². The molecule has 3 rings (SSSR count). The Morgan fingerprint density at radius 1 is 1.10 bits per heavy atom. The summed E-state index contributed by atoms with van der Waals surface area (Å²) in [5.41, 5.74) is 2.24. The van der Waals surface area contributed by atoms with E-state index in [2.05, 4.69) is 51.6 Å². The Labute approximate surface area is 137 Å². The molecule has 0 amide bonds. The summed E-state index contributed by atoms with van der Waals surface area (Å²) in [7, 11) is 1.92. The van der Waals surface area contributed by atoms with Crippen LogP contribution in [0.1, 0.15) is 5.56 Å². The fraction of sp³-hybridized carbons (Fsp3) is 0.118. The molecule has 0 unspecified atom stereocenters. The molecule has 0 atom stereocenters. The maximum absolute atomic E-state index is 4.69. The first-order chi connectivity index (χ1) is 10.3. The van der Waals surface area contributed by atoms with Crippen LogP contribution in [0.3, 0.4) is 0 Å². The number of thioether (sulfide) groups is 1. The first-order valence-electron chi connectivity index (χ1n) is 6.71. The summed E-state index contributed by atoms with van der Waals surface area (Å²) >= 11 is 5.40. The molecule has 0 bridgehead atoms. The first-order valence-corrected chi connectivity index (χ1v) is 8.49. The second kappa shape index (κ2) is 6.50. The van der Waals surface area contributed by atoms with Crippen molar-refractivity contribution in [1.82, 2.24) is 4.98 Å². The lowest BCUT2D eigenvalue weighted by Crippen LogP contribution is -1.98. The quantitative estimate of drug-likeness (QED) is 0.637. The van der Waals surface area contributed by atoms with E-state index in [0.29, 0.717) is 0 Å². The van der Waals surface area contributed by atoms with Crippen molar-refractivity contribution < 1.29 is 0 Å². The standard InChI is InChI=1S/C17H15BrN2S/c1-19-17-13(10-12-6-2-4-8-15(12)20-17)11-21-16-9-5-3-7-14(16)18/h2-10H,11H2,1H3,(H,19,20). The van der Waals surface area contributed by atoms with Gasteiger partial charge in [-0.15, -0.1) is 11.8 Å². The molecule has 0 saturated heterocycles. The Morgan fingerprint density at radius 2 is 1.86 bits per heavy atom. The molecule has 1 aromatic heterocycles. The van der Waals surface area contributed by atoms with Crippen LogP contribution in [-0.2, 0) is 5.75 Å². The maximum Gasteiger partial charge on any atom is 0.130 e. The molecule has 0 saturated carbocycles. The summed E-state index contributed by atoms with van der Waals surface area (Å²) in [6.07, 6.45) is 0. The summed E-state index contributed by atoms with van der Waals surface area (Å²) in [5.74, 6) is 1.84. The lowest BCUT2D eigenvalue weighted by atomic mass is 10.1. The third-order valence-corrected chi connectivity index (χ3v) is 5.34. The Kier molecular flexibility index (Phi) is 4.46. The summed E-state index contributed by atoms with van der Waals surface area (Å²) in [6.45, 7) is 0. The van der Waals surface area contributed by atoms with E-state index in [-0.39, 0.29) is 0 Å². The molecule has 2 nitrogen and oxygen atoms in total. The van der Waals surface area contributed by atoms with E-state index in [4.69, 9.17) is 4.98 Å². The highest BCUT2D eigenvalue weighted by Gasteiger charge is 2.07. The van der Waals surface area contributed by atoms with Gasteiger partial charge in [0.2, 0.25) is 0 Å². The number of nitrogens with one attached hydrogen (secondary N) is 1. The van der Waals surface area contributed by atoms with Gasteiger partial charge in [0, 0.05) is 33.1 Å². The van der Waals surface area contributed by atoms with Gasteiger partial charge in [-0.25, -0.2) is 4.98 Å². The van der Waals surface area contributed by atoms with Crippen molar-refractivity contribution in [3.8, 4) is 0 Å². The van der Waals surface area contributed by atoms with Crippen molar-refractivity contribution in [3.63, 3.8) is 0 Å². The van der Waals surface area contributed by atoms with Gasteiger partial charge in [0.1, 0.15) is 5.82 Å². The van der Waals surface area contributed by atoms with Crippen LogP contribution in [0.5, 0.6) is 0 Å². The highest BCUT2D eigenvalue weighted by molar-refractivity contribution is 9.10. The smallest absolute Gasteiger partial charge is 0.130 e. The number of halogens is 1. The molecule has 21 heavy (non-hydrogen) atoms. The molecule has 0 fully saturated rings. The van der Waals surface area contributed by atoms with Gasteiger partial charge in [-0.3, -0.25) is 0 Å². The Hall–Kier alpha value is -1.52. The number of hydrogen-bond donors (Lipinski definition) is 1. The van der Waals surface area contributed by atoms with E-state index in [0.717, 1.165) is 21.6 Å². The number of fused-ring (bicyclic) bond motifs is 1. The van der Waals surface area contributed by atoms with Crippen LogP contribution in [0.25, 0.3) is 10.9 Å². The topological polar surface area (TPSA) is 24.9 Å². The largest absolute Gasteiger partial charge is 0.373 e. The molecular weight excluding hydrogens is 344 g/mol. The summed E-state index contributed by atoms with van der Waals surface area (Å²) in [5, 5.41) is 4.38. The highest BCUT2D eigenvalue weighted by Crippen LogP contribution is 2.32. The molecule has 0 radical (unpaired) electrons. The van der Waals surface area contributed by atoms with E-state index in [1.54, 1.807) is 0 Å². The molecule has 4 heteroatoms. The number of aromatic nitrogens is 1. The summed E-state index contributed by atoms with van der Waals surface area (Å²) in [4.78, 5) is 5.94. The molecule has 0 aliphatic carbocycles. The predicted molar refractivity (Wildman–Crippen MR) is 95.0 cm³/mol. The molecule has 0 aliphatic rings. The zero-order valence-electron chi connectivity index (χ0n) is 11.6. The number of para-hydroxylation sites is 1. The number of nitrogens with zero attached hydrogens (tertiary/aromatic N) is 1. The van der Waals surface area contributed by atoms with E-state index in [1.165, 1.54) is 15.8 Å². The first kappa shape index (κ1) is 14.4. The normalized spacial score (nSPS) is 10.8. The van der Waals surface area contributed by atoms with Gasteiger partial charge >= 0.3 is 0 Å². The van der Waals surface area contributed by atoms with Gasteiger partial charge in [-0.1, -0.05) is 30.3 Å². The van der Waals surface area contributed by atoms with Crippen LogP contribution in [-0.4, -0.2) is 12.0 Å². The lowest BCUT2D eigenvalue weighted by molar-refractivity contribution is 1.26. The van der Waals surface area contributed by atoms with Gasteiger partial charge in [0.05, 0.1) is 5.52 Å². The van der Waals surface area contributed by atoms with Crippen LogP contribution in [0, 0.1) is 0 Å². The Bertz CT molecular complexity index is 774. The minimum Gasteiger partial charge on any atom is -0.373 e. The Morgan fingerprint density at radius 3 is 2.67 bits per heavy atom. The van der Waals surface area contributed by atoms with Crippen molar-refractivity contribution in [1.29, 1.82) is 0 Å². The van der Waals surface area contributed by atoms with Crippen molar-refractivity contribution in [2.75, 3.05) is 12.4 Å². The maximum atomic E-state index is 4.69. The average molecular weight is 359 g/mol. The van der Waals surface area contributed by atoms with E-state index < -0.39 is 0 Å². The molecule has 1 heterocycles. The van der Waals surface area contributed by atoms with Gasteiger partial charge in [-0.2, -0.15) is 0 Å². The third kappa shape index (κ3) is 3.22. The minimum atomic E-state index is 0.886. The lowest BCUT2D eigenvalue weighted by Gasteiger charge is -2.10. The highest BCUT2D eigenvalue weighted by atomic mass is 79.9. The predicted octanol–water partition coefficient (Wildman–Crippen LogP) is 5.33. The van der Waals surface area contributed by atoms with Gasteiger partial charge in [0.15, 0.2) is 0 Å². The van der Waals surface area contributed by atoms with Crippen LogP contribution in [0.15, 0.2) is 64.0 Å². The number of pyridine rings is 1. The average Bonchev–Trinajstić information content (AvgIpc) is 2.53. The van der Waals surface area contributed by atoms with E-state index >= 15 is 0 Å². The van der Waals surface area contributed by atoms with Gasteiger partial charge < -0.3 is 5.32 Å². The SMILES string of the molecule is CNc1nc2ccccc2cc1CSc1ccccc1Br. The van der Waals surface area contributed by atoms with E-state index in [1.807, 2.05) is 43.1 Å². The van der Waals surface area contributed by atoms with Crippen LogP contribution >= 0.6 is 27.7 Å². The molecule has 3 aromatic rings. The number of rotatable bonds is 4. The second-order valence-corrected chi connectivity index (χ2v) is 6.53. The number of benzene rings is 2. The zero-order chi connectivity index (χ0) is 14.7. The molecule has 0 spiro atoms. The summed E-state index contributed by atoms with van der Waals surface area (Å²) in [6, 6.07) is 18.7. The fourth-order valence-electron chi connectivity index (χ4n) is 2.20. The monoisotopic (exact) mass is 358 g/mol. The van der Waals surface area contributed by atoms with Crippen LogP contribution < -0.4 is 5.32 Å². The molecular formula is C17H15BrN2S. The number of anilines is 1. The molecule has 106 valence electrons.